The molecule has 0 atom stereocenters. The number of rotatable bonds is 6. The van der Waals surface area contributed by atoms with E-state index in [9.17, 15) is 9.59 Å². The second-order valence-corrected chi connectivity index (χ2v) is 5.37. The quantitative estimate of drug-likeness (QED) is 0.709. The number of amides is 2. The Morgan fingerprint density at radius 2 is 1.88 bits per heavy atom. The molecule has 0 spiro atoms. The van der Waals surface area contributed by atoms with Crippen LogP contribution in [0.25, 0.3) is 0 Å². The third kappa shape index (κ3) is 4.44. The van der Waals surface area contributed by atoms with Crippen LogP contribution >= 0.6 is 0 Å². The minimum absolute atomic E-state index is 0.0363. The highest BCUT2D eigenvalue weighted by Gasteiger charge is 2.10. The van der Waals surface area contributed by atoms with Gasteiger partial charge in [-0.1, -0.05) is 24.3 Å². The molecule has 3 aromatic rings. The molecule has 0 aliphatic carbocycles. The Labute approximate surface area is 149 Å². The maximum atomic E-state index is 12.1. The second kappa shape index (κ2) is 7.93. The summed E-state index contributed by atoms with van der Waals surface area (Å²) in [6.45, 7) is -0.0363. The fraction of sp³-hybridized carbons (Fsp3) is 0.111. The van der Waals surface area contributed by atoms with Crippen LogP contribution in [0.3, 0.4) is 0 Å². The predicted molar refractivity (Wildman–Crippen MR) is 96.0 cm³/mol. The molecular formula is C18H17N5O3. The molecule has 0 saturated carbocycles. The second-order valence-electron chi connectivity index (χ2n) is 5.37. The van der Waals surface area contributed by atoms with Gasteiger partial charge in [0.1, 0.15) is 18.6 Å². The number of nitrogens with zero attached hydrogens (tertiary/aromatic N) is 3. The first-order valence-electron chi connectivity index (χ1n) is 7.84. The number of nitrogens with one attached hydrogen (secondary N) is 2. The number of hydrogen-bond acceptors (Lipinski definition) is 5. The molecular weight excluding hydrogens is 334 g/mol. The van der Waals surface area contributed by atoms with Crippen molar-refractivity contribution in [2.45, 2.75) is 6.54 Å². The van der Waals surface area contributed by atoms with Gasteiger partial charge in [0, 0.05) is 17.3 Å². The highest BCUT2D eigenvalue weighted by molar-refractivity contribution is 6.03. The molecule has 3 rings (SSSR count). The number of benzene rings is 2. The van der Waals surface area contributed by atoms with E-state index >= 15 is 0 Å². The van der Waals surface area contributed by atoms with Gasteiger partial charge in [-0.2, -0.15) is 0 Å². The van der Waals surface area contributed by atoms with E-state index in [-0.39, 0.29) is 24.3 Å². The molecule has 8 nitrogen and oxygen atoms in total. The molecule has 0 fully saturated rings. The van der Waals surface area contributed by atoms with Crippen molar-refractivity contribution >= 4 is 23.5 Å². The predicted octanol–water partition coefficient (Wildman–Crippen LogP) is 2.18. The zero-order valence-corrected chi connectivity index (χ0v) is 14.0. The number of anilines is 2. The van der Waals surface area contributed by atoms with Crippen LogP contribution in [0.2, 0.25) is 0 Å². The molecule has 0 unspecified atom stereocenters. The highest BCUT2D eigenvalue weighted by atomic mass is 16.5. The Morgan fingerprint density at radius 1 is 1.08 bits per heavy atom. The molecule has 1 heterocycles. The van der Waals surface area contributed by atoms with Crippen LogP contribution in [0.4, 0.5) is 11.6 Å². The Hall–Kier alpha value is -3.68. The van der Waals surface area contributed by atoms with Crippen molar-refractivity contribution in [3.05, 3.63) is 66.5 Å². The summed E-state index contributed by atoms with van der Waals surface area (Å²) in [7, 11) is 1.56. The maximum absolute atomic E-state index is 12.1. The van der Waals surface area contributed by atoms with Crippen molar-refractivity contribution in [1.29, 1.82) is 0 Å². The molecule has 8 heteroatoms. The number of hydrogen-bond donors (Lipinski definition) is 2. The van der Waals surface area contributed by atoms with Gasteiger partial charge in [-0.05, 0) is 24.3 Å². The van der Waals surface area contributed by atoms with Crippen LogP contribution in [-0.4, -0.2) is 33.7 Å². The van der Waals surface area contributed by atoms with Crippen LogP contribution < -0.4 is 15.4 Å². The number of ether oxygens (including phenoxy) is 1. The normalized spacial score (nSPS) is 10.2. The van der Waals surface area contributed by atoms with Crippen molar-refractivity contribution in [3.63, 3.8) is 0 Å². The van der Waals surface area contributed by atoms with E-state index in [1.54, 1.807) is 55.6 Å². The first kappa shape index (κ1) is 17.2. The first-order chi connectivity index (χ1) is 12.6. The summed E-state index contributed by atoms with van der Waals surface area (Å²) in [4.78, 5) is 28.2. The molecule has 1 aromatic heterocycles. The number of carbonyl (C=O) groups excluding carboxylic acids is 2. The summed E-state index contributed by atoms with van der Waals surface area (Å²) in [5.41, 5.74) is 1.12. The zero-order chi connectivity index (χ0) is 18.4. The Bertz CT molecular complexity index is 908. The average molecular weight is 351 g/mol. The Balaban J connectivity index is 1.57. The summed E-state index contributed by atoms with van der Waals surface area (Å²) >= 11 is 0. The zero-order valence-electron chi connectivity index (χ0n) is 14.0. The van der Waals surface area contributed by atoms with Gasteiger partial charge in [0.15, 0.2) is 0 Å². The molecule has 0 saturated heterocycles. The molecule has 0 radical (unpaired) electrons. The van der Waals surface area contributed by atoms with E-state index < -0.39 is 0 Å². The third-order valence-electron chi connectivity index (χ3n) is 3.46. The van der Waals surface area contributed by atoms with Crippen LogP contribution in [0, 0.1) is 0 Å². The van der Waals surface area contributed by atoms with E-state index in [0.29, 0.717) is 17.0 Å². The SMILES string of the molecule is COc1cccc(NC(=O)Cn2cnc(NC(=O)c3ccccc3)n2)c1. The number of carbonyl (C=O) groups is 2. The molecule has 2 amide bonds. The van der Waals surface area contributed by atoms with Crippen molar-refractivity contribution in [2.75, 3.05) is 17.7 Å². The summed E-state index contributed by atoms with van der Waals surface area (Å²) in [5, 5.41) is 9.41. The van der Waals surface area contributed by atoms with Crippen LogP contribution in [0.1, 0.15) is 10.4 Å². The van der Waals surface area contributed by atoms with Crippen molar-refractivity contribution in [2.24, 2.45) is 0 Å². The fourth-order valence-electron chi connectivity index (χ4n) is 2.24. The lowest BCUT2D eigenvalue weighted by Gasteiger charge is -2.06. The maximum Gasteiger partial charge on any atom is 0.258 e. The monoisotopic (exact) mass is 351 g/mol. The van der Waals surface area contributed by atoms with Crippen molar-refractivity contribution in [3.8, 4) is 5.75 Å². The van der Waals surface area contributed by atoms with Gasteiger partial charge in [0.05, 0.1) is 7.11 Å². The van der Waals surface area contributed by atoms with E-state index in [1.807, 2.05) is 6.07 Å². The summed E-state index contributed by atoms with van der Waals surface area (Å²) < 4.78 is 6.46. The molecule has 2 N–H and O–H groups in total. The highest BCUT2D eigenvalue weighted by Crippen LogP contribution is 2.16. The smallest absolute Gasteiger partial charge is 0.258 e. The van der Waals surface area contributed by atoms with Crippen molar-refractivity contribution < 1.29 is 14.3 Å². The van der Waals surface area contributed by atoms with Gasteiger partial charge >= 0.3 is 0 Å². The lowest BCUT2D eigenvalue weighted by Crippen LogP contribution is -2.19. The van der Waals surface area contributed by atoms with Crippen LogP contribution in [-0.2, 0) is 11.3 Å². The molecule has 0 bridgehead atoms. The Kier molecular flexibility index (Phi) is 5.23. The topological polar surface area (TPSA) is 98.1 Å². The van der Waals surface area contributed by atoms with Crippen LogP contribution in [0.15, 0.2) is 60.9 Å². The Morgan fingerprint density at radius 3 is 2.65 bits per heavy atom. The molecule has 0 aliphatic rings. The van der Waals surface area contributed by atoms with E-state index in [0.717, 1.165) is 0 Å². The molecule has 132 valence electrons. The molecule has 0 aliphatic heterocycles. The summed E-state index contributed by atoms with van der Waals surface area (Å²) in [6.07, 6.45) is 1.38. The molecule has 26 heavy (non-hydrogen) atoms. The minimum Gasteiger partial charge on any atom is -0.497 e. The summed E-state index contributed by atoms with van der Waals surface area (Å²) in [5.74, 6) is 0.191. The van der Waals surface area contributed by atoms with E-state index in [1.165, 1.54) is 11.0 Å². The van der Waals surface area contributed by atoms with Gasteiger partial charge in [0.2, 0.25) is 11.9 Å². The largest absolute Gasteiger partial charge is 0.497 e. The summed E-state index contributed by atoms with van der Waals surface area (Å²) in [6, 6.07) is 15.8. The first-order valence-corrected chi connectivity index (χ1v) is 7.84. The molecule has 2 aromatic carbocycles. The van der Waals surface area contributed by atoms with E-state index in [2.05, 4.69) is 20.7 Å². The van der Waals surface area contributed by atoms with Gasteiger partial charge in [-0.15, -0.1) is 5.10 Å². The van der Waals surface area contributed by atoms with Gasteiger partial charge in [0.25, 0.3) is 5.91 Å². The fourth-order valence-corrected chi connectivity index (χ4v) is 2.24. The van der Waals surface area contributed by atoms with Crippen LogP contribution in [0.5, 0.6) is 5.75 Å². The lowest BCUT2D eigenvalue weighted by atomic mass is 10.2. The lowest BCUT2D eigenvalue weighted by molar-refractivity contribution is -0.116. The average Bonchev–Trinajstić information content (AvgIpc) is 3.09. The van der Waals surface area contributed by atoms with Crippen molar-refractivity contribution in [1.82, 2.24) is 14.8 Å². The number of methoxy groups -OCH3 is 1. The van der Waals surface area contributed by atoms with Gasteiger partial charge in [-0.3, -0.25) is 14.9 Å². The van der Waals surface area contributed by atoms with Gasteiger partial charge < -0.3 is 10.1 Å². The van der Waals surface area contributed by atoms with E-state index in [4.69, 9.17) is 4.74 Å². The standard InChI is InChI=1S/C18H17N5O3/c1-26-15-9-5-8-14(10-15)20-16(24)11-23-12-19-18(22-23)21-17(25)13-6-3-2-4-7-13/h2-10,12H,11H2,1H3,(H,20,24)(H,21,22,25). The minimum atomic E-state index is -0.316. The third-order valence-corrected chi connectivity index (χ3v) is 3.46. The number of aromatic nitrogens is 3. The van der Waals surface area contributed by atoms with Gasteiger partial charge in [-0.25, -0.2) is 9.67 Å².